The molecule has 0 unspecified atom stereocenters. The number of para-hydroxylation sites is 1. The summed E-state index contributed by atoms with van der Waals surface area (Å²) in [7, 11) is 0. The first kappa shape index (κ1) is 13.2. The van der Waals surface area contributed by atoms with Gasteiger partial charge in [-0.15, -0.1) is 0 Å². The zero-order valence-electron chi connectivity index (χ0n) is 10.3. The molecule has 1 aromatic carbocycles. The van der Waals surface area contributed by atoms with E-state index in [0.29, 0.717) is 17.9 Å². The van der Waals surface area contributed by atoms with Crippen molar-refractivity contribution in [3.05, 3.63) is 54.0 Å². The summed E-state index contributed by atoms with van der Waals surface area (Å²) < 4.78 is 10.2. The molecular formula is C14H15NO4. The summed E-state index contributed by atoms with van der Waals surface area (Å²) in [5.74, 6) is 0.453. The SMILES string of the molecule is O=C(NCc1ccccc1OCCO)c1ccoc1. The van der Waals surface area contributed by atoms with E-state index in [0.717, 1.165) is 5.56 Å². The van der Waals surface area contributed by atoms with E-state index in [1.165, 1.54) is 12.5 Å². The highest BCUT2D eigenvalue weighted by molar-refractivity contribution is 5.93. The molecule has 100 valence electrons. The van der Waals surface area contributed by atoms with Crippen LogP contribution in [0.3, 0.4) is 0 Å². The van der Waals surface area contributed by atoms with E-state index in [9.17, 15) is 4.79 Å². The molecule has 0 aliphatic carbocycles. The Morgan fingerprint density at radius 3 is 2.89 bits per heavy atom. The first-order valence-electron chi connectivity index (χ1n) is 5.93. The van der Waals surface area contributed by atoms with E-state index in [2.05, 4.69) is 5.32 Å². The first-order valence-corrected chi connectivity index (χ1v) is 5.93. The van der Waals surface area contributed by atoms with Crippen molar-refractivity contribution in [3.8, 4) is 5.75 Å². The molecule has 1 heterocycles. The minimum absolute atomic E-state index is 0.0459. The van der Waals surface area contributed by atoms with Gasteiger partial charge in [0, 0.05) is 12.1 Å². The lowest BCUT2D eigenvalue weighted by Crippen LogP contribution is -2.22. The number of amides is 1. The lowest BCUT2D eigenvalue weighted by molar-refractivity contribution is 0.0950. The number of benzene rings is 1. The molecule has 2 aromatic rings. The van der Waals surface area contributed by atoms with Crippen LogP contribution in [0.4, 0.5) is 0 Å². The summed E-state index contributed by atoms with van der Waals surface area (Å²) in [6.45, 7) is 0.536. The number of carbonyl (C=O) groups is 1. The second-order valence-corrected chi connectivity index (χ2v) is 3.87. The van der Waals surface area contributed by atoms with Gasteiger partial charge in [0.1, 0.15) is 18.6 Å². The minimum atomic E-state index is -0.203. The number of hydrogen-bond donors (Lipinski definition) is 2. The van der Waals surface area contributed by atoms with Gasteiger partial charge >= 0.3 is 0 Å². The number of aliphatic hydroxyl groups excluding tert-OH is 1. The third kappa shape index (κ3) is 3.59. The van der Waals surface area contributed by atoms with Crippen LogP contribution in [0.15, 0.2) is 47.3 Å². The molecule has 0 bridgehead atoms. The van der Waals surface area contributed by atoms with Crippen LogP contribution in [-0.4, -0.2) is 24.2 Å². The Morgan fingerprint density at radius 2 is 2.16 bits per heavy atom. The van der Waals surface area contributed by atoms with Crippen molar-refractivity contribution in [1.29, 1.82) is 0 Å². The lowest BCUT2D eigenvalue weighted by Gasteiger charge is -2.11. The van der Waals surface area contributed by atoms with Crippen LogP contribution in [-0.2, 0) is 6.54 Å². The molecule has 19 heavy (non-hydrogen) atoms. The van der Waals surface area contributed by atoms with Crippen molar-refractivity contribution in [1.82, 2.24) is 5.32 Å². The van der Waals surface area contributed by atoms with Crippen molar-refractivity contribution in [3.63, 3.8) is 0 Å². The van der Waals surface area contributed by atoms with Gasteiger partial charge in [-0.05, 0) is 12.1 Å². The summed E-state index contributed by atoms with van der Waals surface area (Å²) >= 11 is 0. The Morgan fingerprint density at radius 1 is 1.32 bits per heavy atom. The molecule has 0 aliphatic heterocycles. The predicted molar refractivity (Wildman–Crippen MR) is 68.9 cm³/mol. The average Bonchev–Trinajstić information content (AvgIpc) is 2.97. The Hall–Kier alpha value is -2.27. The van der Waals surface area contributed by atoms with Crippen LogP contribution >= 0.6 is 0 Å². The number of hydrogen-bond acceptors (Lipinski definition) is 4. The quantitative estimate of drug-likeness (QED) is 0.828. The normalized spacial score (nSPS) is 10.2. The molecule has 0 spiro atoms. The number of carbonyl (C=O) groups excluding carboxylic acids is 1. The largest absolute Gasteiger partial charge is 0.491 e. The number of rotatable bonds is 6. The van der Waals surface area contributed by atoms with E-state index in [-0.39, 0.29) is 19.1 Å². The monoisotopic (exact) mass is 261 g/mol. The van der Waals surface area contributed by atoms with Crippen LogP contribution in [0, 0.1) is 0 Å². The molecule has 0 atom stereocenters. The molecule has 0 fully saturated rings. The summed E-state index contributed by atoms with van der Waals surface area (Å²) in [4.78, 5) is 11.8. The fourth-order valence-electron chi connectivity index (χ4n) is 1.62. The third-order valence-corrected chi connectivity index (χ3v) is 2.54. The maximum absolute atomic E-state index is 11.8. The Bertz CT molecular complexity index is 522. The third-order valence-electron chi connectivity index (χ3n) is 2.54. The van der Waals surface area contributed by atoms with Crippen molar-refractivity contribution in [2.75, 3.05) is 13.2 Å². The highest BCUT2D eigenvalue weighted by Crippen LogP contribution is 2.17. The van der Waals surface area contributed by atoms with E-state index >= 15 is 0 Å². The smallest absolute Gasteiger partial charge is 0.254 e. The van der Waals surface area contributed by atoms with Gasteiger partial charge in [0.2, 0.25) is 0 Å². The fourth-order valence-corrected chi connectivity index (χ4v) is 1.62. The molecule has 0 radical (unpaired) electrons. The molecule has 5 nitrogen and oxygen atoms in total. The lowest BCUT2D eigenvalue weighted by atomic mass is 10.2. The Labute approximate surface area is 110 Å². The number of nitrogens with one attached hydrogen (secondary N) is 1. The van der Waals surface area contributed by atoms with Crippen molar-refractivity contribution >= 4 is 5.91 Å². The van der Waals surface area contributed by atoms with Crippen LogP contribution in [0.5, 0.6) is 5.75 Å². The topological polar surface area (TPSA) is 71.7 Å². The average molecular weight is 261 g/mol. The van der Waals surface area contributed by atoms with Crippen LogP contribution < -0.4 is 10.1 Å². The zero-order chi connectivity index (χ0) is 13.5. The zero-order valence-corrected chi connectivity index (χ0v) is 10.3. The maximum Gasteiger partial charge on any atom is 0.254 e. The molecular weight excluding hydrogens is 246 g/mol. The molecule has 0 saturated heterocycles. The molecule has 1 aromatic heterocycles. The van der Waals surface area contributed by atoms with E-state index in [4.69, 9.17) is 14.3 Å². The molecule has 2 N–H and O–H groups in total. The number of aliphatic hydroxyl groups is 1. The predicted octanol–water partition coefficient (Wildman–Crippen LogP) is 1.58. The second kappa shape index (κ2) is 6.61. The highest BCUT2D eigenvalue weighted by atomic mass is 16.5. The maximum atomic E-state index is 11.8. The van der Waals surface area contributed by atoms with Gasteiger partial charge < -0.3 is 19.6 Å². The molecule has 2 rings (SSSR count). The van der Waals surface area contributed by atoms with Gasteiger partial charge in [0.15, 0.2) is 0 Å². The van der Waals surface area contributed by atoms with Gasteiger partial charge in [-0.2, -0.15) is 0 Å². The summed E-state index contributed by atoms with van der Waals surface area (Å²) in [6.07, 6.45) is 2.84. The van der Waals surface area contributed by atoms with Gasteiger partial charge in [0.05, 0.1) is 18.4 Å². The first-order chi connectivity index (χ1) is 9.31. The van der Waals surface area contributed by atoms with E-state index in [1.54, 1.807) is 12.1 Å². The fraction of sp³-hybridized carbons (Fsp3) is 0.214. The van der Waals surface area contributed by atoms with Gasteiger partial charge in [-0.25, -0.2) is 0 Å². The number of furan rings is 1. The summed E-state index contributed by atoms with van der Waals surface area (Å²) in [6, 6.07) is 8.97. The Balaban J connectivity index is 1.97. The van der Waals surface area contributed by atoms with Crippen molar-refractivity contribution in [2.24, 2.45) is 0 Å². The summed E-state index contributed by atoms with van der Waals surface area (Å²) in [5, 5.41) is 11.5. The van der Waals surface area contributed by atoms with Gasteiger partial charge in [-0.1, -0.05) is 18.2 Å². The molecule has 0 saturated carbocycles. The van der Waals surface area contributed by atoms with Crippen LogP contribution in [0.25, 0.3) is 0 Å². The standard InChI is InChI=1S/C14H15NO4/c16-6-8-19-13-4-2-1-3-11(13)9-15-14(17)12-5-7-18-10-12/h1-5,7,10,16H,6,8-9H2,(H,15,17). The molecule has 0 aliphatic rings. The molecule has 5 heteroatoms. The van der Waals surface area contributed by atoms with Crippen LogP contribution in [0.1, 0.15) is 15.9 Å². The highest BCUT2D eigenvalue weighted by Gasteiger charge is 2.08. The number of ether oxygens (including phenoxy) is 1. The van der Waals surface area contributed by atoms with E-state index in [1.807, 2.05) is 18.2 Å². The second-order valence-electron chi connectivity index (χ2n) is 3.87. The summed E-state index contributed by atoms with van der Waals surface area (Å²) in [5.41, 5.74) is 1.33. The van der Waals surface area contributed by atoms with Crippen LogP contribution in [0.2, 0.25) is 0 Å². The minimum Gasteiger partial charge on any atom is -0.491 e. The molecule has 1 amide bonds. The van der Waals surface area contributed by atoms with Crippen molar-refractivity contribution in [2.45, 2.75) is 6.54 Å². The van der Waals surface area contributed by atoms with Gasteiger partial charge in [-0.3, -0.25) is 4.79 Å². The van der Waals surface area contributed by atoms with Gasteiger partial charge in [0.25, 0.3) is 5.91 Å². The Kier molecular flexibility index (Phi) is 4.58. The van der Waals surface area contributed by atoms with Crippen molar-refractivity contribution < 1.29 is 19.1 Å². The van der Waals surface area contributed by atoms with E-state index < -0.39 is 0 Å².